The molecule has 0 bridgehead atoms. The minimum absolute atomic E-state index is 0.0462. The molecule has 1 aromatic carbocycles. The van der Waals surface area contributed by atoms with Crippen molar-refractivity contribution in [2.45, 2.75) is 13.0 Å². The molecule has 0 aliphatic heterocycles. The lowest BCUT2D eigenvalue weighted by Gasteiger charge is -2.01. The Morgan fingerprint density at radius 1 is 1.43 bits per heavy atom. The second-order valence-electron chi connectivity index (χ2n) is 2.93. The van der Waals surface area contributed by atoms with Gasteiger partial charge in [-0.25, -0.2) is 0 Å². The molecule has 0 saturated heterocycles. The summed E-state index contributed by atoms with van der Waals surface area (Å²) in [7, 11) is 0. The van der Waals surface area contributed by atoms with E-state index in [1.54, 1.807) is 6.07 Å². The summed E-state index contributed by atoms with van der Waals surface area (Å²) in [6.07, 6.45) is 4.90. The van der Waals surface area contributed by atoms with Crippen molar-refractivity contribution >= 4 is 30.3 Å². The molecule has 76 valence electrons. The first-order valence-electron chi connectivity index (χ1n) is 4.44. The van der Waals surface area contributed by atoms with Crippen LogP contribution >= 0.6 is 24.2 Å². The Bertz CT molecular complexity index is 323. The van der Waals surface area contributed by atoms with E-state index in [1.165, 1.54) is 0 Å². The molecule has 0 fully saturated rings. The third kappa shape index (κ3) is 3.37. The zero-order chi connectivity index (χ0) is 10.4. The van der Waals surface area contributed by atoms with Gasteiger partial charge in [0, 0.05) is 5.02 Å². The maximum absolute atomic E-state index is 8.95. The largest absolute Gasteiger partial charge is 0.392 e. The summed E-state index contributed by atoms with van der Waals surface area (Å²) < 4.78 is 0. The number of hydrogen-bond acceptors (Lipinski definition) is 2. The molecule has 0 atom stereocenters. The van der Waals surface area contributed by atoms with E-state index in [0.717, 1.165) is 23.3 Å². The zero-order valence-electron chi connectivity index (χ0n) is 7.78. The van der Waals surface area contributed by atoms with Crippen LogP contribution in [0.5, 0.6) is 0 Å². The fourth-order valence-corrected chi connectivity index (χ4v) is 1.43. The van der Waals surface area contributed by atoms with Crippen molar-refractivity contribution in [1.82, 2.24) is 0 Å². The molecular formula is C11H13ClOS. The van der Waals surface area contributed by atoms with Gasteiger partial charge in [0.15, 0.2) is 0 Å². The van der Waals surface area contributed by atoms with Crippen LogP contribution < -0.4 is 0 Å². The van der Waals surface area contributed by atoms with E-state index in [0.29, 0.717) is 5.02 Å². The highest BCUT2D eigenvalue weighted by Gasteiger charge is 1.97. The molecule has 0 radical (unpaired) electrons. The fraction of sp³-hybridized carbons (Fsp3) is 0.273. The number of benzene rings is 1. The van der Waals surface area contributed by atoms with E-state index in [1.807, 2.05) is 24.3 Å². The van der Waals surface area contributed by atoms with Crippen molar-refractivity contribution in [2.24, 2.45) is 0 Å². The van der Waals surface area contributed by atoms with Crippen molar-refractivity contribution in [3.63, 3.8) is 0 Å². The molecule has 0 amide bonds. The van der Waals surface area contributed by atoms with E-state index >= 15 is 0 Å². The van der Waals surface area contributed by atoms with Crippen LogP contribution in [0.4, 0.5) is 0 Å². The molecule has 0 heterocycles. The molecule has 0 aliphatic rings. The average Bonchev–Trinajstić information content (AvgIpc) is 2.21. The minimum Gasteiger partial charge on any atom is -0.392 e. The van der Waals surface area contributed by atoms with E-state index in [-0.39, 0.29) is 6.61 Å². The van der Waals surface area contributed by atoms with Crippen LogP contribution in [0.2, 0.25) is 5.02 Å². The normalized spacial score (nSPS) is 11.1. The first kappa shape index (κ1) is 11.6. The molecule has 1 rings (SSSR count). The Labute approximate surface area is 94.8 Å². The Morgan fingerprint density at radius 2 is 2.21 bits per heavy atom. The summed E-state index contributed by atoms with van der Waals surface area (Å²) in [6, 6.07) is 5.50. The third-order valence-electron chi connectivity index (χ3n) is 1.84. The number of rotatable bonds is 4. The van der Waals surface area contributed by atoms with Gasteiger partial charge in [-0.15, -0.1) is 0 Å². The van der Waals surface area contributed by atoms with Gasteiger partial charge < -0.3 is 5.11 Å². The van der Waals surface area contributed by atoms with Crippen molar-refractivity contribution < 1.29 is 5.11 Å². The second-order valence-corrected chi connectivity index (χ2v) is 3.78. The highest BCUT2D eigenvalue weighted by atomic mass is 35.5. The molecule has 1 aromatic rings. The maximum Gasteiger partial charge on any atom is 0.0682 e. The second kappa shape index (κ2) is 6.12. The summed E-state index contributed by atoms with van der Waals surface area (Å²) in [5, 5.41) is 9.65. The molecule has 1 N–H and O–H groups in total. The van der Waals surface area contributed by atoms with Gasteiger partial charge >= 0.3 is 0 Å². The first-order chi connectivity index (χ1) is 6.77. The summed E-state index contributed by atoms with van der Waals surface area (Å²) in [6.45, 7) is 0.0462. The van der Waals surface area contributed by atoms with Gasteiger partial charge in [-0.3, -0.25) is 0 Å². The van der Waals surface area contributed by atoms with Crippen molar-refractivity contribution in [1.29, 1.82) is 0 Å². The molecule has 1 nitrogen and oxygen atoms in total. The zero-order valence-corrected chi connectivity index (χ0v) is 9.43. The lowest BCUT2D eigenvalue weighted by atomic mass is 10.1. The number of thiol groups is 1. The Morgan fingerprint density at radius 3 is 2.86 bits per heavy atom. The predicted molar refractivity (Wildman–Crippen MR) is 64.9 cm³/mol. The van der Waals surface area contributed by atoms with Crippen LogP contribution in [0.1, 0.15) is 17.5 Å². The molecule has 0 aromatic heterocycles. The monoisotopic (exact) mass is 228 g/mol. The van der Waals surface area contributed by atoms with Gasteiger partial charge in [0.1, 0.15) is 0 Å². The summed E-state index contributed by atoms with van der Waals surface area (Å²) in [5.74, 6) is 0.827. The van der Waals surface area contributed by atoms with E-state index in [9.17, 15) is 0 Å². The van der Waals surface area contributed by atoms with Crippen LogP contribution in [0.15, 0.2) is 24.3 Å². The van der Waals surface area contributed by atoms with Gasteiger partial charge in [-0.2, -0.15) is 12.6 Å². The van der Waals surface area contributed by atoms with E-state index < -0.39 is 0 Å². The Hall–Kier alpha value is -0.440. The van der Waals surface area contributed by atoms with Crippen LogP contribution in [0.3, 0.4) is 0 Å². The van der Waals surface area contributed by atoms with Gasteiger partial charge in [0.25, 0.3) is 0 Å². The average molecular weight is 229 g/mol. The molecule has 0 aliphatic carbocycles. The first-order valence-corrected chi connectivity index (χ1v) is 5.45. The van der Waals surface area contributed by atoms with Crippen LogP contribution in [0.25, 0.3) is 6.08 Å². The Balaban J connectivity index is 2.83. The molecule has 0 unspecified atom stereocenters. The van der Waals surface area contributed by atoms with Crippen LogP contribution in [-0.4, -0.2) is 10.9 Å². The number of aliphatic hydroxyl groups is 1. The third-order valence-corrected chi connectivity index (χ3v) is 2.44. The predicted octanol–water partition coefficient (Wildman–Crippen LogP) is 3.17. The molecule has 0 saturated carbocycles. The summed E-state index contributed by atoms with van der Waals surface area (Å²) in [5.41, 5.74) is 1.82. The molecule has 14 heavy (non-hydrogen) atoms. The number of aliphatic hydroxyl groups excluding tert-OH is 1. The molecule has 0 spiro atoms. The van der Waals surface area contributed by atoms with Crippen LogP contribution in [0, 0.1) is 0 Å². The highest BCUT2D eigenvalue weighted by Crippen LogP contribution is 2.19. The minimum atomic E-state index is 0.0462. The van der Waals surface area contributed by atoms with Gasteiger partial charge in [-0.1, -0.05) is 29.8 Å². The number of hydrogen-bond donors (Lipinski definition) is 2. The van der Waals surface area contributed by atoms with Crippen LogP contribution in [-0.2, 0) is 6.61 Å². The van der Waals surface area contributed by atoms with E-state index in [4.69, 9.17) is 16.7 Å². The van der Waals surface area contributed by atoms with Crippen molar-refractivity contribution in [2.75, 3.05) is 5.75 Å². The number of halogens is 1. The summed E-state index contributed by atoms with van der Waals surface area (Å²) in [4.78, 5) is 0. The highest BCUT2D eigenvalue weighted by molar-refractivity contribution is 7.80. The smallest absolute Gasteiger partial charge is 0.0682 e. The quantitative estimate of drug-likeness (QED) is 0.759. The van der Waals surface area contributed by atoms with E-state index in [2.05, 4.69) is 12.6 Å². The molecular weight excluding hydrogens is 216 g/mol. The standard InChI is InChI=1S/C11H13ClOS/c12-11-5-4-9(8-13)7-10(11)3-1-2-6-14/h1,3-5,7,13-14H,2,6,8H2. The fourth-order valence-electron chi connectivity index (χ4n) is 1.10. The van der Waals surface area contributed by atoms with Crippen molar-refractivity contribution in [3.05, 3.63) is 40.4 Å². The maximum atomic E-state index is 8.95. The lowest BCUT2D eigenvalue weighted by Crippen LogP contribution is -1.84. The molecule has 3 heteroatoms. The SMILES string of the molecule is OCc1ccc(Cl)c(C=CCCS)c1. The number of allylic oxidation sites excluding steroid dienone is 1. The van der Waals surface area contributed by atoms with Gasteiger partial charge in [-0.05, 0) is 35.4 Å². The van der Waals surface area contributed by atoms with Gasteiger partial charge in [0.05, 0.1) is 6.61 Å². The Kier molecular flexibility index (Phi) is 5.09. The summed E-state index contributed by atoms with van der Waals surface area (Å²) >= 11 is 10.1. The lowest BCUT2D eigenvalue weighted by molar-refractivity contribution is 0.282. The topological polar surface area (TPSA) is 20.2 Å². The van der Waals surface area contributed by atoms with Gasteiger partial charge in [0.2, 0.25) is 0 Å². The van der Waals surface area contributed by atoms with Crippen molar-refractivity contribution in [3.8, 4) is 0 Å².